The Kier molecular flexibility index (Phi) is 6.87. The zero-order valence-electron chi connectivity index (χ0n) is 15.1. The van der Waals surface area contributed by atoms with E-state index in [2.05, 4.69) is 10.6 Å². The van der Waals surface area contributed by atoms with Crippen molar-refractivity contribution in [2.45, 2.75) is 12.8 Å². The summed E-state index contributed by atoms with van der Waals surface area (Å²) in [5, 5.41) is 16.3. The Morgan fingerprint density at radius 3 is 2.52 bits per heavy atom. The molecule has 0 aliphatic carbocycles. The van der Waals surface area contributed by atoms with E-state index >= 15 is 0 Å². The topological polar surface area (TPSA) is 111 Å². The van der Waals surface area contributed by atoms with Crippen molar-refractivity contribution >= 4 is 23.3 Å². The van der Waals surface area contributed by atoms with Crippen LogP contribution < -0.4 is 10.6 Å². The van der Waals surface area contributed by atoms with Gasteiger partial charge in [0.05, 0.1) is 10.5 Å². The van der Waals surface area contributed by atoms with Gasteiger partial charge in [0.1, 0.15) is 0 Å². The molecule has 0 saturated heterocycles. The van der Waals surface area contributed by atoms with E-state index in [9.17, 15) is 19.7 Å². The molecule has 0 spiro atoms. The van der Waals surface area contributed by atoms with Crippen molar-refractivity contribution in [2.75, 3.05) is 25.5 Å². The van der Waals surface area contributed by atoms with E-state index in [-0.39, 0.29) is 17.2 Å². The second-order valence-electron chi connectivity index (χ2n) is 5.93. The number of nitrogens with one attached hydrogen (secondary N) is 2. The Morgan fingerprint density at radius 2 is 1.89 bits per heavy atom. The maximum atomic E-state index is 12.2. The number of carbonyl (C=O) groups is 2. The van der Waals surface area contributed by atoms with Gasteiger partial charge in [-0.2, -0.15) is 0 Å². The molecule has 0 bridgehead atoms. The number of esters is 1. The average molecular weight is 371 g/mol. The first-order chi connectivity index (χ1) is 12.9. The average Bonchev–Trinajstić information content (AvgIpc) is 2.70. The van der Waals surface area contributed by atoms with Gasteiger partial charge in [-0.1, -0.05) is 37.3 Å². The van der Waals surface area contributed by atoms with Crippen molar-refractivity contribution in [3.8, 4) is 0 Å². The van der Waals surface area contributed by atoms with E-state index in [0.717, 1.165) is 11.6 Å². The predicted molar refractivity (Wildman–Crippen MR) is 101 cm³/mol. The second-order valence-corrected chi connectivity index (χ2v) is 5.93. The molecule has 2 aromatic rings. The van der Waals surface area contributed by atoms with Gasteiger partial charge in [0.25, 0.3) is 11.6 Å². The van der Waals surface area contributed by atoms with E-state index in [1.54, 1.807) is 7.05 Å². The molecule has 8 nitrogen and oxygen atoms in total. The number of nitrogens with zero attached hydrogens (tertiary/aromatic N) is 1. The lowest BCUT2D eigenvalue weighted by Crippen LogP contribution is -2.31. The zero-order chi connectivity index (χ0) is 19.8. The smallest absolute Gasteiger partial charge is 0.341 e. The Bertz CT molecular complexity index is 823. The second kappa shape index (κ2) is 9.33. The molecule has 8 heteroatoms. The number of nitro groups is 1. The Hall–Kier alpha value is -3.42. The normalized spacial score (nSPS) is 11.3. The number of benzene rings is 2. The van der Waals surface area contributed by atoms with Crippen LogP contribution in [0.15, 0.2) is 48.5 Å². The number of hydrogen-bond donors (Lipinski definition) is 2. The molecule has 0 saturated carbocycles. The standard InChI is InChI=1S/C19H21N3O5/c1-13(14-6-4-3-5-7-14)11-21-18(23)12-27-19(24)16-10-15(22(25)26)8-9-17(16)20-2/h3-10,13,20H,11-12H2,1-2H3,(H,21,23)/t13-/m0/s1. The third-order valence-electron chi connectivity index (χ3n) is 4.01. The molecule has 27 heavy (non-hydrogen) atoms. The molecule has 0 aromatic heterocycles. The van der Waals surface area contributed by atoms with Crippen LogP contribution in [0.2, 0.25) is 0 Å². The molecule has 2 N–H and O–H groups in total. The van der Waals surface area contributed by atoms with E-state index in [1.165, 1.54) is 12.1 Å². The van der Waals surface area contributed by atoms with Gasteiger partial charge in [-0.3, -0.25) is 14.9 Å². The first-order valence-electron chi connectivity index (χ1n) is 8.37. The molecule has 2 aromatic carbocycles. The number of rotatable bonds is 8. The van der Waals surface area contributed by atoms with Gasteiger partial charge >= 0.3 is 5.97 Å². The maximum absolute atomic E-state index is 12.2. The quantitative estimate of drug-likeness (QED) is 0.419. The first-order valence-corrected chi connectivity index (χ1v) is 8.37. The van der Waals surface area contributed by atoms with Crippen molar-refractivity contribution in [3.63, 3.8) is 0 Å². The van der Waals surface area contributed by atoms with Gasteiger partial charge in [0.2, 0.25) is 0 Å². The van der Waals surface area contributed by atoms with Crippen molar-refractivity contribution in [1.82, 2.24) is 5.32 Å². The van der Waals surface area contributed by atoms with Crippen molar-refractivity contribution in [3.05, 3.63) is 69.8 Å². The van der Waals surface area contributed by atoms with Gasteiger partial charge in [-0.15, -0.1) is 0 Å². The summed E-state index contributed by atoms with van der Waals surface area (Å²) >= 11 is 0. The molecular formula is C19H21N3O5. The van der Waals surface area contributed by atoms with Crippen LogP contribution in [0.4, 0.5) is 11.4 Å². The highest BCUT2D eigenvalue weighted by Gasteiger charge is 2.18. The Labute approximate surface area is 156 Å². The molecular weight excluding hydrogens is 350 g/mol. The molecule has 0 aliphatic rings. The number of anilines is 1. The summed E-state index contributed by atoms with van der Waals surface area (Å²) in [6.07, 6.45) is 0. The Balaban J connectivity index is 1.90. The zero-order valence-corrected chi connectivity index (χ0v) is 15.1. The number of ether oxygens (including phenoxy) is 1. The molecule has 2 rings (SSSR count). The Morgan fingerprint density at radius 1 is 1.19 bits per heavy atom. The molecule has 1 amide bonds. The first kappa shape index (κ1) is 19.9. The van der Waals surface area contributed by atoms with Gasteiger partial charge in [-0.05, 0) is 17.5 Å². The van der Waals surface area contributed by atoms with E-state index < -0.39 is 23.4 Å². The van der Waals surface area contributed by atoms with Gasteiger partial charge in [0.15, 0.2) is 6.61 Å². The number of hydrogen-bond acceptors (Lipinski definition) is 6. The summed E-state index contributed by atoms with van der Waals surface area (Å²) in [6.45, 7) is 1.91. The number of amides is 1. The number of nitro benzene ring substituents is 1. The van der Waals surface area contributed by atoms with Crippen molar-refractivity contribution in [1.29, 1.82) is 0 Å². The molecule has 142 valence electrons. The SMILES string of the molecule is CNc1ccc([N+](=O)[O-])cc1C(=O)OCC(=O)NC[C@H](C)c1ccccc1. The largest absolute Gasteiger partial charge is 0.452 e. The highest BCUT2D eigenvalue weighted by molar-refractivity contribution is 5.97. The van der Waals surface area contributed by atoms with Gasteiger partial charge in [0, 0.05) is 31.4 Å². The molecule has 0 aliphatic heterocycles. The van der Waals surface area contributed by atoms with Crippen LogP contribution in [0.25, 0.3) is 0 Å². The minimum Gasteiger partial charge on any atom is -0.452 e. The molecule has 0 fully saturated rings. The highest BCUT2D eigenvalue weighted by Crippen LogP contribution is 2.22. The number of carbonyl (C=O) groups excluding carboxylic acids is 2. The summed E-state index contributed by atoms with van der Waals surface area (Å²) in [6, 6.07) is 13.5. The van der Waals surface area contributed by atoms with Crippen LogP contribution in [0.5, 0.6) is 0 Å². The van der Waals surface area contributed by atoms with Gasteiger partial charge < -0.3 is 15.4 Å². The van der Waals surface area contributed by atoms with Crippen LogP contribution in [0, 0.1) is 10.1 Å². The fourth-order valence-corrected chi connectivity index (χ4v) is 2.46. The minimum absolute atomic E-state index is 0.00264. The third kappa shape index (κ3) is 5.53. The highest BCUT2D eigenvalue weighted by atomic mass is 16.6. The fourth-order valence-electron chi connectivity index (χ4n) is 2.46. The minimum atomic E-state index is -0.811. The predicted octanol–water partition coefficient (Wildman–Crippen LogP) is 2.71. The van der Waals surface area contributed by atoms with Crippen LogP contribution in [-0.4, -0.2) is 37.0 Å². The lowest BCUT2D eigenvalue weighted by molar-refractivity contribution is -0.384. The summed E-state index contributed by atoms with van der Waals surface area (Å²) in [7, 11) is 1.58. The molecule has 0 unspecified atom stereocenters. The van der Waals surface area contributed by atoms with Crippen LogP contribution in [-0.2, 0) is 9.53 Å². The lowest BCUT2D eigenvalue weighted by Gasteiger charge is -2.13. The van der Waals surface area contributed by atoms with Crippen LogP contribution in [0.1, 0.15) is 28.8 Å². The summed E-state index contributed by atoms with van der Waals surface area (Å²) in [4.78, 5) is 34.4. The van der Waals surface area contributed by atoms with E-state index in [4.69, 9.17) is 4.74 Å². The van der Waals surface area contributed by atoms with Crippen molar-refractivity contribution in [2.24, 2.45) is 0 Å². The summed E-state index contributed by atoms with van der Waals surface area (Å²) < 4.78 is 4.99. The number of non-ortho nitro benzene ring substituents is 1. The van der Waals surface area contributed by atoms with Crippen LogP contribution >= 0.6 is 0 Å². The van der Waals surface area contributed by atoms with Crippen LogP contribution in [0.3, 0.4) is 0 Å². The molecule has 0 heterocycles. The monoisotopic (exact) mass is 371 g/mol. The fraction of sp³-hybridized carbons (Fsp3) is 0.263. The maximum Gasteiger partial charge on any atom is 0.341 e. The third-order valence-corrected chi connectivity index (χ3v) is 4.01. The molecule has 1 atom stereocenters. The summed E-state index contributed by atoms with van der Waals surface area (Å²) in [5.41, 5.74) is 1.23. The van der Waals surface area contributed by atoms with Crippen molar-refractivity contribution < 1.29 is 19.2 Å². The van der Waals surface area contributed by atoms with E-state index in [1.807, 2.05) is 37.3 Å². The van der Waals surface area contributed by atoms with E-state index in [0.29, 0.717) is 12.2 Å². The van der Waals surface area contributed by atoms with Gasteiger partial charge in [-0.25, -0.2) is 4.79 Å². The summed E-state index contributed by atoms with van der Waals surface area (Å²) in [5.74, 6) is -1.14. The molecule has 0 radical (unpaired) electrons. The lowest BCUT2D eigenvalue weighted by atomic mass is 10.0.